The van der Waals surface area contributed by atoms with E-state index in [-0.39, 0.29) is 0 Å². The first-order valence-electron chi connectivity index (χ1n) is 5.43. The third-order valence-electron chi connectivity index (χ3n) is 3.12. The van der Waals surface area contributed by atoms with E-state index in [1.807, 2.05) is 19.6 Å². The number of rotatable bonds is 5. The zero-order valence-corrected chi connectivity index (χ0v) is 9.03. The van der Waals surface area contributed by atoms with Gasteiger partial charge in [0.2, 0.25) is 0 Å². The van der Waals surface area contributed by atoms with Crippen LogP contribution in [-0.4, -0.2) is 16.1 Å². The molecule has 1 N–H and O–H groups in total. The Balaban J connectivity index is 1.69. The molecule has 1 unspecified atom stereocenters. The molecule has 0 spiro atoms. The average molecular weight is 193 g/mol. The van der Waals surface area contributed by atoms with Crippen molar-refractivity contribution in [2.45, 2.75) is 26.3 Å². The number of aryl methyl sites for hydroxylation is 1. The van der Waals surface area contributed by atoms with Crippen molar-refractivity contribution in [2.75, 3.05) is 6.54 Å². The summed E-state index contributed by atoms with van der Waals surface area (Å²) in [4.78, 5) is 4.09. The SMILES string of the molecule is CC(CNCc1cncn1C)C1CC1. The summed E-state index contributed by atoms with van der Waals surface area (Å²) in [6.45, 7) is 4.41. The van der Waals surface area contributed by atoms with Crippen LogP contribution in [0.1, 0.15) is 25.5 Å². The second-order valence-electron chi connectivity index (χ2n) is 4.44. The minimum atomic E-state index is 0.836. The topological polar surface area (TPSA) is 29.9 Å². The summed E-state index contributed by atoms with van der Waals surface area (Å²) < 4.78 is 2.06. The minimum absolute atomic E-state index is 0.836. The molecule has 0 radical (unpaired) electrons. The van der Waals surface area contributed by atoms with E-state index in [0.717, 1.165) is 24.9 Å². The van der Waals surface area contributed by atoms with Gasteiger partial charge in [-0.15, -0.1) is 0 Å². The van der Waals surface area contributed by atoms with E-state index in [4.69, 9.17) is 0 Å². The number of aromatic nitrogens is 2. The fourth-order valence-corrected chi connectivity index (χ4v) is 1.81. The molecular formula is C11H19N3. The van der Waals surface area contributed by atoms with Gasteiger partial charge in [-0.25, -0.2) is 4.98 Å². The third kappa shape index (κ3) is 2.35. The zero-order valence-electron chi connectivity index (χ0n) is 9.03. The maximum Gasteiger partial charge on any atom is 0.0945 e. The quantitative estimate of drug-likeness (QED) is 0.769. The predicted octanol–water partition coefficient (Wildman–Crippen LogP) is 1.56. The molecule has 1 heterocycles. The molecule has 0 aromatic carbocycles. The van der Waals surface area contributed by atoms with E-state index in [1.165, 1.54) is 18.5 Å². The van der Waals surface area contributed by atoms with E-state index >= 15 is 0 Å². The molecule has 0 amide bonds. The normalized spacial score (nSPS) is 18.4. The van der Waals surface area contributed by atoms with Crippen LogP contribution in [0.15, 0.2) is 12.5 Å². The Labute approximate surface area is 85.5 Å². The van der Waals surface area contributed by atoms with Crippen LogP contribution >= 0.6 is 0 Å². The fraction of sp³-hybridized carbons (Fsp3) is 0.727. The van der Waals surface area contributed by atoms with Gasteiger partial charge in [0, 0.05) is 19.8 Å². The molecule has 1 aromatic heterocycles. The van der Waals surface area contributed by atoms with E-state index < -0.39 is 0 Å². The molecule has 14 heavy (non-hydrogen) atoms. The summed E-state index contributed by atoms with van der Waals surface area (Å²) in [5, 5.41) is 3.49. The van der Waals surface area contributed by atoms with Crippen LogP contribution in [0.2, 0.25) is 0 Å². The van der Waals surface area contributed by atoms with Gasteiger partial charge in [-0.3, -0.25) is 0 Å². The Hall–Kier alpha value is -0.830. The first-order valence-corrected chi connectivity index (χ1v) is 5.43. The zero-order chi connectivity index (χ0) is 9.97. The highest BCUT2D eigenvalue weighted by Gasteiger charge is 2.27. The maximum absolute atomic E-state index is 4.09. The Bertz CT molecular complexity index is 288. The molecule has 1 aromatic rings. The summed E-state index contributed by atoms with van der Waals surface area (Å²) in [5.74, 6) is 1.83. The van der Waals surface area contributed by atoms with Crippen LogP contribution in [-0.2, 0) is 13.6 Å². The summed E-state index contributed by atoms with van der Waals surface area (Å²) in [6.07, 6.45) is 6.65. The van der Waals surface area contributed by atoms with Gasteiger partial charge in [0.25, 0.3) is 0 Å². The van der Waals surface area contributed by atoms with Crippen LogP contribution in [0.3, 0.4) is 0 Å². The standard InChI is InChI=1S/C11H19N3/c1-9(10-3-4-10)5-12-6-11-7-13-8-14(11)2/h7-10,12H,3-6H2,1-2H3. The number of imidazole rings is 1. The lowest BCUT2D eigenvalue weighted by Crippen LogP contribution is -2.22. The summed E-state index contributed by atoms with van der Waals surface area (Å²) in [6, 6.07) is 0. The van der Waals surface area contributed by atoms with Crippen molar-refractivity contribution >= 4 is 0 Å². The van der Waals surface area contributed by atoms with Gasteiger partial charge in [-0.1, -0.05) is 6.92 Å². The molecule has 0 bridgehead atoms. The largest absolute Gasteiger partial charge is 0.337 e. The molecule has 1 fully saturated rings. The smallest absolute Gasteiger partial charge is 0.0945 e. The summed E-state index contributed by atoms with van der Waals surface area (Å²) in [5.41, 5.74) is 1.26. The second-order valence-corrected chi connectivity index (χ2v) is 4.44. The molecule has 1 saturated carbocycles. The predicted molar refractivity (Wildman–Crippen MR) is 56.8 cm³/mol. The van der Waals surface area contributed by atoms with Gasteiger partial charge in [0.15, 0.2) is 0 Å². The number of hydrogen-bond donors (Lipinski definition) is 1. The van der Waals surface area contributed by atoms with Crippen LogP contribution in [0.5, 0.6) is 0 Å². The molecule has 2 rings (SSSR count). The van der Waals surface area contributed by atoms with Crippen molar-refractivity contribution in [3.63, 3.8) is 0 Å². The van der Waals surface area contributed by atoms with Crippen LogP contribution in [0.25, 0.3) is 0 Å². The molecule has 3 nitrogen and oxygen atoms in total. The van der Waals surface area contributed by atoms with Gasteiger partial charge in [-0.2, -0.15) is 0 Å². The number of hydrogen-bond acceptors (Lipinski definition) is 2. The van der Waals surface area contributed by atoms with Gasteiger partial charge in [0.05, 0.1) is 12.0 Å². The lowest BCUT2D eigenvalue weighted by atomic mass is 10.1. The molecule has 78 valence electrons. The van der Waals surface area contributed by atoms with Crippen molar-refractivity contribution < 1.29 is 0 Å². The Morgan fingerprint density at radius 1 is 1.64 bits per heavy atom. The first-order chi connectivity index (χ1) is 6.77. The highest BCUT2D eigenvalue weighted by molar-refractivity contribution is 4.96. The van der Waals surface area contributed by atoms with Gasteiger partial charge in [0.1, 0.15) is 0 Å². The van der Waals surface area contributed by atoms with Gasteiger partial charge >= 0.3 is 0 Å². The van der Waals surface area contributed by atoms with Gasteiger partial charge in [-0.05, 0) is 31.2 Å². The van der Waals surface area contributed by atoms with Crippen molar-refractivity contribution in [1.82, 2.24) is 14.9 Å². The van der Waals surface area contributed by atoms with E-state index in [1.54, 1.807) is 0 Å². The molecule has 1 aliphatic rings. The minimum Gasteiger partial charge on any atom is -0.337 e. The van der Waals surface area contributed by atoms with E-state index in [0.29, 0.717) is 0 Å². The number of nitrogens with one attached hydrogen (secondary N) is 1. The highest BCUT2D eigenvalue weighted by Crippen LogP contribution is 2.36. The van der Waals surface area contributed by atoms with Crippen molar-refractivity contribution in [2.24, 2.45) is 18.9 Å². The van der Waals surface area contributed by atoms with E-state index in [2.05, 4.69) is 21.8 Å². The van der Waals surface area contributed by atoms with E-state index in [9.17, 15) is 0 Å². The maximum atomic E-state index is 4.09. The lowest BCUT2D eigenvalue weighted by molar-refractivity contribution is 0.458. The summed E-state index contributed by atoms with van der Waals surface area (Å²) in [7, 11) is 2.04. The fourth-order valence-electron chi connectivity index (χ4n) is 1.81. The van der Waals surface area contributed by atoms with Crippen LogP contribution in [0.4, 0.5) is 0 Å². The van der Waals surface area contributed by atoms with Crippen molar-refractivity contribution in [3.8, 4) is 0 Å². The molecule has 1 atom stereocenters. The third-order valence-corrected chi connectivity index (χ3v) is 3.12. The molecular weight excluding hydrogens is 174 g/mol. The Morgan fingerprint density at radius 3 is 3.00 bits per heavy atom. The summed E-state index contributed by atoms with van der Waals surface area (Å²) >= 11 is 0. The van der Waals surface area contributed by atoms with Crippen LogP contribution < -0.4 is 5.32 Å². The Kier molecular flexibility index (Phi) is 2.87. The van der Waals surface area contributed by atoms with Crippen molar-refractivity contribution in [3.05, 3.63) is 18.2 Å². The number of nitrogens with zero attached hydrogens (tertiary/aromatic N) is 2. The molecule has 0 saturated heterocycles. The Morgan fingerprint density at radius 2 is 2.43 bits per heavy atom. The molecule has 1 aliphatic carbocycles. The average Bonchev–Trinajstić information content (AvgIpc) is 2.93. The highest BCUT2D eigenvalue weighted by atomic mass is 15.0. The monoisotopic (exact) mass is 193 g/mol. The first kappa shape index (κ1) is 9.71. The van der Waals surface area contributed by atoms with Crippen molar-refractivity contribution in [1.29, 1.82) is 0 Å². The molecule has 0 aliphatic heterocycles. The second kappa shape index (κ2) is 4.13. The van der Waals surface area contributed by atoms with Crippen LogP contribution in [0, 0.1) is 11.8 Å². The van der Waals surface area contributed by atoms with Gasteiger partial charge < -0.3 is 9.88 Å². The molecule has 3 heteroatoms. The lowest BCUT2D eigenvalue weighted by Gasteiger charge is -2.11.